The zero-order valence-corrected chi connectivity index (χ0v) is 12.2. The lowest BCUT2D eigenvalue weighted by atomic mass is 10.1. The van der Waals surface area contributed by atoms with Crippen molar-refractivity contribution < 1.29 is 0 Å². The fraction of sp³-hybridized carbons (Fsp3) is 0.667. The molecule has 16 heavy (non-hydrogen) atoms. The Morgan fingerprint density at radius 2 is 2.00 bits per heavy atom. The highest BCUT2D eigenvalue weighted by atomic mass is 35.5. The molecule has 0 fully saturated rings. The Kier molecular flexibility index (Phi) is 6.74. The fourth-order valence-electron chi connectivity index (χ4n) is 1.94. The van der Waals surface area contributed by atoms with E-state index in [0.29, 0.717) is 11.9 Å². The third-order valence-corrected chi connectivity index (χ3v) is 4.20. The maximum Gasteiger partial charge on any atom is 0.0931 e. The number of halogens is 2. The van der Waals surface area contributed by atoms with Gasteiger partial charge < -0.3 is 0 Å². The van der Waals surface area contributed by atoms with E-state index in [2.05, 4.69) is 24.8 Å². The van der Waals surface area contributed by atoms with Crippen LogP contribution in [0.5, 0.6) is 0 Å². The van der Waals surface area contributed by atoms with Crippen LogP contribution in [0.1, 0.15) is 31.6 Å². The molecule has 1 rings (SSSR count). The molecule has 1 aromatic rings. The van der Waals surface area contributed by atoms with Crippen molar-refractivity contribution in [2.75, 3.05) is 12.4 Å². The number of thiophene rings is 1. The average molecular weight is 280 g/mol. The van der Waals surface area contributed by atoms with E-state index in [-0.39, 0.29) is 0 Å². The van der Waals surface area contributed by atoms with Gasteiger partial charge in [-0.3, -0.25) is 4.90 Å². The molecule has 0 spiro atoms. The number of alkyl halides is 1. The van der Waals surface area contributed by atoms with Crippen LogP contribution in [-0.4, -0.2) is 23.4 Å². The quantitative estimate of drug-likeness (QED) is 0.658. The molecule has 1 aromatic heterocycles. The van der Waals surface area contributed by atoms with E-state index < -0.39 is 0 Å². The average Bonchev–Trinajstić information content (AvgIpc) is 2.66. The standard InChI is InChI=1S/C12H19Cl2NS/c1-3-10(4-2)15(8-7-13)9-11-5-6-12(14)16-11/h5-6,10H,3-4,7-9H2,1-2H3. The second-order valence-electron chi connectivity index (χ2n) is 3.84. The van der Waals surface area contributed by atoms with Crippen molar-refractivity contribution in [2.45, 2.75) is 39.3 Å². The monoisotopic (exact) mass is 279 g/mol. The molecule has 0 saturated heterocycles. The van der Waals surface area contributed by atoms with Crippen molar-refractivity contribution in [3.05, 3.63) is 21.3 Å². The Morgan fingerprint density at radius 1 is 1.31 bits per heavy atom. The summed E-state index contributed by atoms with van der Waals surface area (Å²) in [5.41, 5.74) is 0. The Morgan fingerprint density at radius 3 is 2.44 bits per heavy atom. The SMILES string of the molecule is CCC(CC)N(CCCl)Cc1ccc(Cl)s1. The van der Waals surface area contributed by atoms with Crippen LogP contribution in [0.2, 0.25) is 4.34 Å². The minimum Gasteiger partial charge on any atom is -0.294 e. The number of nitrogens with zero attached hydrogens (tertiary/aromatic N) is 1. The van der Waals surface area contributed by atoms with Crippen LogP contribution in [0.15, 0.2) is 12.1 Å². The Hall–Kier alpha value is 0.240. The third-order valence-electron chi connectivity index (χ3n) is 2.82. The van der Waals surface area contributed by atoms with Crippen LogP contribution >= 0.6 is 34.5 Å². The lowest BCUT2D eigenvalue weighted by Gasteiger charge is -2.29. The van der Waals surface area contributed by atoms with Crippen LogP contribution in [-0.2, 0) is 6.54 Å². The molecular formula is C12H19Cl2NS. The maximum absolute atomic E-state index is 5.94. The molecule has 0 aliphatic carbocycles. The fourth-order valence-corrected chi connectivity index (χ4v) is 3.27. The summed E-state index contributed by atoms with van der Waals surface area (Å²) < 4.78 is 0.866. The van der Waals surface area contributed by atoms with Gasteiger partial charge in [0.1, 0.15) is 0 Å². The predicted molar refractivity (Wildman–Crippen MR) is 74.8 cm³/mol. The van der Waals surface area contributed by atoms with Crippen molar-refractivity contribution in [1.29, 1.82) is 0 Å². The van der Waals surface area contributed by atoms with Crippen molar-refractivity contribution in [3.63, 3.8) is 0 Å². The normalized spacial score (nSPS) is 11.6. The predicted octanol–water partition coefficient (Wildman–Crippen LogP) is 4.63. The second-order valence-corrected chi connectivity index (χ2v) is 6.01. The smallest absolute Gasteiger partial charge is 0.0931 e. The topological polar surface area (TPSA) is 3.24 Å². The molecular weight excluding hydrogens is 261 g/mol. The molecule has 0 unspecified atom stereocenters. The molecule has 0 atom stereocenters. The van der Waals surface area contributed by atoms with Gasteiger partial charge in [0.2, 0.25) is 0 Å². The van der Waals surface area contributed by atoms with Gasteiger partial charge in [-0.2, -0.15) is 0 Å². The molecule has 4 heteroatoms. The van der Waals surface area contributed by atoms with E-state index in [1.165, 1.54) is 17.7 Å². The summed E-state index contributed by atoms with van der Waals surface area (Å²) in [6.45, 7) is 6.38. The van der Waals surface area contributed by atoms with Gasteiger partial charge in [-0.05, 0) is 25.0 Å². The molecule has 92 valence electrons. The molecule has 0 aliphatic heterocycles. The first-order valence-corrected chi connectivity index (χ1v) is 7.48. The molecule has 0 aliphatic rings. The summed E-state index contributed by atoms with van der Waals surface area (Å²) >= 11 is 13.5. The molecule has 0 aromatic carbocycles. The van der Waals surface area contributed by atoms with Crippen molar-refractivity contribution in [2.24, 2.45) is 0 Å². The molecule has 0 radical (unpaired) electrons. The van der Waals surface area contributed by atoms with E-state index in [0.717, 1.165) is 17.4 Å². The van der Waals surface area contributed by atoms with Crippen LogP contribution < -0.4 is 0 Å². The first-order chi connectivity index (χ1) is 7.71. The summed E-state index contributed by atoms with van der Waals surface area (Å²) in [7, 11) is 0. The molecule has 0 amide bonds. The first-order valence-electron chi connectivity index (χ1n) is 5.75. The lowest BCUT2D eigenvalue weighted by Crippen LogP contribution is -2.35. The first kappa shape index (κ1) is 14.3. The summed E-state index contributed by atoms with van der Waals surface area (Å²) in [4.78, 5) is 3.77. The van der Waals surface area contributed by atoms with E-state index in [4.69, 9.17) is 23.2 Å². The van der Waals surface area contributed by atoms with Gasteiger partial charge in [-0.15, -0.1) is 22.9 Å². The molecule has 0 saturated carbocycles. The van der Waals surface area contributed by atoms with Crippen LogP contribution in [0, 0.1) is 0 Å². The number of hydrogen-bond donors (Lipinski definition) is 0. The largest absolute Gasteiger partial charge is 0.294 e. The van der Waals surface area contributed by atoms with Gasteiger partial charge in [0.15, 0.2) is 0 Å². The van der Waals surface area contributed by atoms with Crippen molar-refractivity contribution in [1.82, 2.24) is 4.90 Å². The molecule has 1 heterocycles. The summed E-state index contributed by atoms with van der Waals surface area (Å²) in [6, 6.07) is 4.70. The zero-order chi connectivity index (χ0) is 12.0. The van der Waals surface area contributed by atoms with Gasteiger partial charge in [-0.1, -0.05) is 25.4 Å². The zero-order valence-electron chi connectivity index (χ0n) is 9.88. The summed E-state index contributed by atoms with van der Waals surface area (Å²) in [5.74, 6) is 0.690. The van der Waals surface area contributed by atoms with E-state index in [1.807, 2.05) is 6.07 Å². The number of rotatable bonds is 7. The van der Waals surface area contributed by atoms with E-state index in [1.54, 1.807) is 11.3 Å². The molecule has 0 bridgehead atoms. The highest BCUT2D eigenvalue weighted by molar-refractivity contribution is 7.16. The molecule has 0 N–H and O–H groups in total. The summed E-state index contributed by atoms with van der Waals surface area (Å²) in [5, 5.41) is 0. The van der Waals surface area contributed by atoms with Crippen molar-refractivity contribution in [3.8, 4) is 0 Å². The third kappa shape index (κ3) is 4.25. The second kappa shape index (κ2) is 7.54. The van der Waals surface area contributed by atoms with Crippen LogP contribution in [0.4, 0.5) is 0 Å². The van der Waals surface area contributed by atoms with Gasteiger partial charge in [0.25, 0.3) is 0 Å². The summed E-state index contributed by atoms with van der Waals surface area (Å²) in [6.07, 6.45) is 2.35. The van der Waals surface area contributed by atoms with E-state index in [9.17, 15) is 0 Å². The van der Waals surface area contributed by atoms with E-state index >= 15 is 0 Å². The highest BCUT2D eigenvalue weighted by Gasteiger charge is 2.15. The minimum absolute atomic E-state index is 0.625. The minimum atomic E-state index is 0.625. The van der Waals surface area contributed by atoms with Gasteiger partial charge in [-0.25, -0.2) is 0 Å². The van der Waals surface area contributed by atoms with Crippen LogP contribution in [0.3, 0.4) is 0 Å². The number of hydrogen-bond acceptors (Lipinski definition) is 2. The van der Waals surface area contributed by atoms with Crippen LogP contribution in [0.25, 0.3) is 0 Å². The van der Waals surface area contributed by atoms with Gasteiger partial charge in [0, 0.05) is 29.9 Å². The van der Waals surface area contributed by atoms with Gasteiger partial charge in [0.05, 0.1) is 4.34 Å². The van der Waals surface area contributed by atoms with Gasteiger partial charge >= 0.3 is 0 Å². The lowest BCUT2D eigenvalue weighted by molar-refractivity contribution is 0.190. The van der Waals surface area contributed by atoms with Crippen molar-refractivity contribution >= 4 is 34.5 Å². The Labute approximate surface area is 112 Å². The Balaban J connectivity index is 2.63. The maximum atomic E-state index is 5.94. The molecule has 1 nitrogen and oxygen atoms in total. The Bertz CT molecular complexity index is 297. The highest BCUT2D eigenvalue weighted by Crippen LogP contribution is 2.24.